The average molecular weight is 346 g/mol. The first kappa shape index (κ1) is 17.6. The molecule has 8 heteroatoms. The lowest BCUT2D eigenvalue weighted by Crippen LogP contribution is -2.13. The molecule has 8 nitrogen and oxygen atoms in total. The number of hydrogen-bond donors (Lipinski definition) is 3. The summed E-state index contributed by atoms with van der Waals surface area (Å²) < 4.78 is 7.46. The summed E-state index contributed by atoms with van der Waals surface area (Å²) in [5.41, 5.74) is 3.28. The van der Waals surface area contributed by atoms with Gasteiger partial charge in [-0.1, -0.05) is 0 Å². The number of aliphatic hydroxyl groups excluding tert-OH is 1. The number of rotatable bonds is 8. The fraction of sp³-hybridized carbons (Fsp3) is 0.588. The highest BCUT2D eigenvalue weighted by Crippen LogP contribution is 2.26. The third kappa shape index (κ3) is 4.26. The quantitative estimate of drug-likeness (QED) is 0.667. The molecule has 2 aromatic rings. The molecule has 0 aliphatic carbocycles. The summed E-state index contributed by atoms with van der Waals surface area (Å²) in [6, 6.07) is 1.99. The standard InChI is InChI=1S/C17H26N6O2/c1-3-23-12(2)14(10-20-23)9-19-16-8-15(13-4-7-25-11-13)21-17(22-16)18-5-6-24/h8,10,13,24H,3-7,9,11H2,1-2H3,(H2,18,19,21,22)/t13-/m1/s1. The maximum atomic E-state index is 9.02. The topological polar surface area (TPSA) is 97.1 Å². The highest BCUT2D eigenvalue weighted by molar-refractivity contribution is 5.44. The molecule has 0 aromatic carbocycles. The molecule has 1 aliphatic rings. The van der Waals surface area contributed by atoms with E-state index in [9.17, 15) is 0 Å². The molecule has 1 aliphatic heterocycles. The Kier molecular flexibility index (Phi) is 5.83. The number of nitrogens with zero attached hydrogens (tertiary/aromatic N) is 4. The SMILES string of the molecule is CCn1ncc(CNc2cc([C@@H]3CCOC3)nc(NCCO)n2)c1C. The summed E-state index contributed by atoms with van der Waals surface area (Å²) in [6.45, 7) is 7.60. The van der Waals surface area contributed by atoms with E-state index < -0.39 is 0 Å². The Labute approximate surface area is 147 Å². The maximum Gasteiger partial charge on any atom is 0.224 e. The number of aliphatic hydroxyl groups is 1. The molecule has 0 bridgehead atoms. The van der Waals surface area contributed by atoms with Crippen molar-refractivity contribution in [3.05, 3.63) is 29.2 Å². The Morgan fingerprint density at radius 1 is 1.36 bits per heavy atom. The summed E-state index contributed by atoms with van der Waals surface area (Å²) in [4.78, 5) is 9.07. The van der Waals surface area contributed by atoms with Crippen molar-refractivity contribution in [2.24, 2.45) is 0 Å². The normalized spacial score (nSPS) is 17.0. The van der Waals surface area contributed by atoms with E-state index in [1.54, 1.807) is 0 Å². The highest BCUT2D eigenvalue weighted by atomic mass is 16.5. The van der Waals surface area contributed by atoms with Crippen molar-refractivity contribution >= 4 is 11.8 Å². The van der Waals surface area contributed by atoms with E-state index in [1.807, 2.05) is 16.9 Å². The summed E-state index contributed by atoms with van der Waals surface area (Å²) in [7, 11) is 0. The van der Waals surface area contributed by atoms with Crippen LogP contribution in [0.5, 0.6) is 0 Å². The smallest absolute Gasteiger partial charge is 0.224 e. The lowest BCUT2D eigenvalue weighted by Gasteiger charge is -2.13. The number of anilines is 2. The Morgan fingerprint density at radius 3 is 2.92 bits per heavy atom. The molecule has 1 atom stereocenters. The van der Waals surface area contributed by atoms with E-state index in [4.69, 9.17) is 9.84 Å². The fourth-order valence-corrected chi connectivity index (χ4v) is 2.94. The van der Waals surface area contributed by atoms with Crippen LogP contribution >= 0.6 is 0 Å². The summed E-state index contributed by atoms with van der Waals surface area (Å²) in [5.74, 6) is 1.59. The minimum Gasteiger partial charge on any atom is -0.395 e. The van der Waals surface area contributed by atoms with Crippen molar-refractivity contribution in [1.82, 2.24) is 19.7 Å². The molecule has 0 unspecified atom stereocenters. The van der Waals surface area contributed by atoms with Crippen LogP contribution in [0.3, 0.4) is 0 Å². The van der Waals surface area contributed by atoms with Crippen molar-refractivity contribution in [3.8, 4) is 0 Å². The summed E-state index contributed by atoms with van der Waals surface area (Å²) in [6.07, 6.45) is 2.86. The van der Waals surface area contributed by atoms with Crippen molar-refractivity contribution in [1.29, 1.82) is 0 Å². The van der Waals surface area contributed by atoms with Crippen molar-refractivity contribution in [2.75, 3.05) is 37.0 Å². The molecule has 0 amide bonds. The van der Waals surface area contributed by atoms with Gasteiger partial charge in [-0.2, -0.15) is 10.1 Å². The maximum absolute atomic E-state index is 9.02. The third-order valence-electron chi connectivity index (χ3n) is 4.45. The zero-order valence-electron chi connectivity index (χ0n) is 14.8. The van der Waals surface area contributed by atoms with Gasteiger partial charge in [0, 0.05) is 49.5 Å². The van der Waals surface area contributed by atoms with Gasteiger partial charge in [0.25, 0.3) is 0 Å². The Morgan fingerprint density at radius 2 is 2.24 bits per heavy atom. The number of nitrogens with one attached hydrogen (secondary N) is 2. The van der Waals surface area contributed by atoms with Gasteiger partial charge in [0.2, 0.25) is 5.95 Å². The Hall–Kier alpha value is -2.19. The van der Waals surface area contributed by atoms with Gasteiger partial charge < -0.3 is 20.5 Å². The largest absolute Gasteiger partial charge is 0.395 e. The van der Waals surface area contributed by atoms with Gasteiger partial charge in [0.05, 0.1) is 25.1 Å². The van der Waals surface area contributed by atoms with E-state index in [0.717, 1.165) is 42.3 Å². The fourth-order valence-electron chi connectivity index (χ4n) is 2.94. The third-order valence-corrected chi connectivity index (χ3v) is 4.45. The lowest BCUT2D eigenvalue weighted by atomic mass is 10.0. The molecule has 1 fully saturated rings. The van der Waals surface area contributed by atoms with E-state index in [2.05, 4.69) is 39.5 Å². The van der Waals surface area contributed by atoms with Crippen LogP contribution in [0.15, 0.2) is 12.3 Å². The van der Waals surface area contributed by atoms with Crippen LogP contribution in [0.4, 0.5) is 11.8 Å². The minimum absolute atomic E-state index is 0.0400. The molecule has 25 heavy (non-hydrogen) atoms. The molecule has 3 heterocycles. The van der Waals surface area contributed by atoms with E-state index >= 15 is 0 Å². The molecule has 0 radical (unpaired) electrons. The molecular formula is C17H26N6O2. The van der Waals surface area contributed by atoms with Gasteiger partial charge in [0.15, 0.2) is 0 Å². The first-order valence-corrected chi connectivity index (χ1v) is 8.78. The molecule has 2 aromatic heterocycles. The predicted molar refractivity (Wildman–Crippen MR) is 95.7 cm³/mol. The van der Waals surface area contributed by atoms with E-state index in [1.165, 1.54) is 0 Å². The molecular weight excluding hydrogens is 320 g/mol. The van der Waals surface area contributed by atoms with Crippen LogP contribution in [-0.4, -0.2) is 51.2 Å². The zero-order valence-corrected chi connectivity index (χ0v) is 14.8. The molecule has 0 saturated carbocycles. The number of aryl methyl sites for hydroxylation is 1. The van der Waals surface area contributed by atoms with Crippen LogP contribution in [0, 0.1) is 6.92 Å². The van der Waals surface area contributed by atoms with Gasteiger partial charge in [-0.25, -0.2) is 4.98 Å². The number of hydrogen-bond acceptors (Lipinski definition) is 7. The Bertz CT molecular complexity index is 696. The molecule has 136 valence electrons. The second kappa shape index (κ2) is 8.26. The summed E-state index contributed by atoms with van der Waals surface area (Å²) in [5, 5.41) is 19.8. The van der Waals surface area contributed by atoms with Crippen molar-refractivity contribution in [3.63, 3.8) is 0 Å². The van der Waals surface area contributed by atoms with E-state index in [0.29, 0.717) is 31.6 Å². The lowest BCUT2D eigenvalue weighted by molar-refractivity contribution is 0.193. The first-order chi connectivity index (χ1) is 12.2. The average Bonchev–Trinajstić information content (AvgIpc) is 3.28. The van der Waals surface area contributed by atoms with Crippen LogP contribution in [0.1, 0.15) is 36.2 Å². The van der Waals surface area contributed by atoms with Crippen LogP contribution in [0.2, 0.25) is 0 Å². The van der Waals surface area contributed by atoms with Gasteiger partial charge >= 0.3 is 0 Å². The highest BCUT2D eigenvalue weighted by Gasteiger charge is 2.21. The second-order valence-electron chi connectivity index (χ2n) is 6.14. The number of ether oxygens (including phenoxy) is 1. The van der Waals surface area contributed by atoms with Crippen molar-refractivity contribution in [2.45, 2.75) is 39.3 Å². The van der Waals surface area contributed by atoms with Crippen LogP contribution < -0.4 is 10.6 Å². The molecule has 0 spiro atoms. The van der Waals surface area contributed by atoms with Crippen LogP contribution in [0.25, 0.3) is 0 Å². The van der Waals surface area contributed by atoms with Gasteiger partial charge in [-0.15, -0.1) is 0 Å². The predicted octanol–water partition coefficient (Wildman–Crippen LogP) is 1.52. The van der Waals surface area contributed by atoms with Gasteiger partial charge in [-0.3, -0.25) is 4.68 Å². The Balaban J connectivity index is 1.76. The van der Waals surface area contributed by atoms with Gasteiger partial charge in [0.1, 0.15) is 5.82 Å². The zero-order chi connectivity index (χ0) is 17.6. The van der Waals surface area contributed by atoms with Gasteiger partial charge in [-0.05, 0) is 20.3 Å². The molecule has 3 N–H and O–H groups in total. The number of aromatic nitrogens is 4. The van der Waals surface area contributed by atoms with E-state index in [-0.39, 0.29) is 6.61 Å². The minimum atomic E-state index is 0.0400. The molecule has 1 saturated heterocycles. The van der Waals surface area contributed by atoms with Crippen molar-refractivity contribution < 1.29 is 9.84 Å². The first-order valence-electron chi connectivity index (χ1n) is 8.78. The monoisotopic (exact) mass is 346 g/mol. The summed E-state index contributed by atoms with van der Waals surface area (Å²) >= 11 is 0. The second-order valence-corrected chi connectivity index (χ2v) is 6.14. The molecule has 3 rings (SSSR count). The van der Waals surface area contributed by atoms with Crippen LogP contribution in [-0.2, 0) is 17.8 Å².